The lowest BCUT2D eigenvalue weighted by Crippen LogP contribution is -2.21. The van der Waals surface area contributed by atoms with Gasteiger partial charge in [-0.05, 0) is 41.8 Å². The van der Waals surface area contributed by atoms with Crippen LogP contribution in [0.25, 0.3) is 33.2 Å². The molecule has 36 heavy (non-hydrogen) atoms. The molecule has 0 bridgehead atoms. The number of rotatable bonds is 6. The molecule has 6 rings (SSSR count). The number of ether oxygens (including phenoxy) is 1. The summed E-state index contributed by atoms with van der Waals surface area (Å²) in [6.07, 6.45) is 3.98. The van der Waals surface area contributed by atoms with Gasteiger partial charge in [-0.3, -0.25) is 9.36 Å². The number of aryl methyl sites for hydroxylation is 2. The summed E-state index contributed by atoms with van der Waals surface area (Å²) in [5.74, 6) is 0.800. The smallest absolute Gasteiger partial charge is 0.265 e. The van der Waals surface area contributed by atoms with E-state index in [4.69, 9.17) is 14.7 Å². The molecule has 3 heterocycles. The van der Waals surface area contributed by atoms with Crippen molar-refractivity contribution in [3.05, 3.63) is 107 Å². The molecule has 6 aromatic rings. The third kappa shape index (κ3) is 3.88. The number of hydrogen-bond donors (Lipinski definition) is 0. The van der Waals surface area contributed by atoms with Crippen molar-refractivity contribution in [3.63, 3.8) is 0 Å². The van der Waals surface area contributed by atoms with Crippen molar-refractivity contribution in [2.45, 2.75) is 13.0 Å². The van der Waals surface area contributed by atoms with E-state index < -0.39 is 0 Å². The van der Waals surface area contributed by atoms with Gasteiger partial charge in [0.05, 0.1) is 30.7 Å². The Labute approximate surface area is 206 Å². The molecule has 0 spiro atoms. The summed E-state index contributed by atoms with van der Waals surface area (Å²) < 4.78 is 8.45. The zero-order chi connectivity index (χ0) is 24.5. The van der Waals surface area contributed by atoms with Crippen LogP contribution in [0.2, 0.25) is 0 Å². The molecule has 0 aliphatic heterocycles. The van der Waals surface area contributed by atoms with Gasteiger partial charge in [0.25, 0.3) is 5.56 Å². The highest BCUT2D eigenvalue weighted by atomic mass is 16.5. The summed E-state index contributed by atoms with van der Waals surface area (Å²) in [5.41, 5.74) is 4.71. The first-order valence-electron chi connectivity index (χ1n) is 11.6. The summed E-state index contributed by atoms with van der Waals surface area (Å²) in [6.45, 7) is 0.481. The van der Waals surface area contributed by atoms with Gasteiger partial charge in [0.2, 0.25) is 0 Å². The van der Waals surface area contributed by atoms with E-state index >= 15 is 0 Å². The van der Waals surface area contributed by atoms with Crippen LogP contribution in [0, 0.1) is 0 Å². The molecule has 0 atom stereocenters. The second-order valence-electron chi connectivity index (χ2n) is 8.39. The summed E-state index contributed by atoms with van der Waals surface area (Å²) in [7, 11) is 1.64. The maximum atomic E-state index is 13.7. The van der Waals surface area contributed by atoms with Crippen molar-refractivity contribution in [2.24, 2.45) is 5.10 Å². The number of para-hydroxylation sites is 2. The fraction of sp³-hybridized carbons (Fsp3) is 0.107. The Kier molecular flexibility index (Phi) is 5.46. The fourth-order valence-electron chi connectivity index (χ4n) is 4.23. The topological polar surface area (TPSA) is 87.2 Å². The van der Waals surface area contributed by atoms with Crippen LogP contribution in [-0.4, -0.2) is 37.5 Å². The van der Waals surface area contributed by atoms with E-state index in [0.29, 0.717) is 40.7 Å². The largest absolute Gasteiger partial charge is 0.497 e. The zero-order valence-corrected chi connectivity index (χ0v) is 19.6. The normalized spacial score (nSPS) is 11.7. The van der Waals surface area contributed by atoms with Gasteiger partial charge in [0.15, 0.2) is 11.3 Å². The summed E-state index contributed by atoms with van der Waals surface area (Å²) in [5, 5.41) is 5.05. The third-order valence-corrected chi connectivity index (χ3v) is 6.13. The first kappa shape index (κ1) is 21.7. The quantitative estimate of drug-likeness (QED) is 0.333. The minimum Gasteiger partial charge on any atom is -0.497 e. The molecule has 8 nitrogen and oxygen atoms in total. The van der Waals surface area contributed by atoms with Crippen molar-refractivity contribution < 1.29 is 4.74 Å². The molecule has 8 heteroatoms. The molecule has 0 saturated heterocycles. The van der Waals surface area contributed by atoms with Gasteiger partial charge in [-0.25, -0.2) is 15.0 Å². The first-order valence-corrected chi connectivity index (χ1v) is 11.6. The van der Waals surface area contributed by atoms with Crippen LogP contribution in [0.4, 0.5) is 0 Å². The molecule has 3 aromatic carbocycles. The third-order valence-electron chi connectivity index (χ3n) is 6.13. The summed E-state index contributed by atoms with van der Waals surface area (Å²) in [6, 6.07) is 25.2. The lowest BCUT2D eigenvalue weighted by Gasteiger charge is -2.07. The van der Waals surface area contributed by atoms with E-state index in [1.165, 1.54) is 0 Å². The Hall–Kier alpha value is -4.85. The maximum absolute atomic E-state index is 13.7. The number of hydrogen-bond acceptors (Lipinski definition) is 6. The van der Waals surface area contributed by atoms with Crippen LogP contribution in [0.5, 0.6) is 5.75 Å². The number of benzene rings is 3. The van der Waals surface area contributed by atoms with Gasteiger partial charge in [0, 0.05) is 6.54 Å². The van der Waals surface area contributed by atoms with Crippen LogP contribution in [0.3, 0.4) is 0 Å². The molecule has 3 aromatic heterocycles. The monoisotopic (exact) mass is 474 g/mol. The number of methoxy groups -OCH3 is 1. The molecule has 176 valence electrons. The molecule has 0 fully saturated rings. The molecular formula is C28H22N6O2. The molecule has 0 radical (unpaired) electrons. The number of fused-ring (bicyclic) bond motifs is 4. The van der Waals surface area contributed by atoms with E-state index in [9.17, 15) is 4.79 Å². The molecular weight excluding hydrogens is 452 g/mol. The SMILES string of the molecule is COc1ccc(CCn2cnc3c(c2=O)c2nc4ccccc4nc2n3/N=C\c2ccccc2)cc1. The van der Waals surface area contributed by atoms with Gasteiger partial charge < -0.3 is 4.74 Å². The van der Waals surface area contributed by atoms with Gasteiger partial charge in [0.1, 0.15) is 16.7 Å². The molecule has 0 unspecified atom stereocenters. The van der Waals surface area contributed by atoms with E-state index in [-0.39, 0.29) is 5.56 Å². The van der Waals surface area contributed by atoms with Crippen LogP contribution in [-0.2, 0) is 13.0 Å². The van der Waals surface area contributed by atoms with Crippen molar-refractivity contribution >= 4 is 39.4 Å². The molecule has 0 N–H and O–H groups in total. The molecule has 0 saturated carbocycles. The highest BCUT2D eigenvalue weighted by molar-refractivity contribution is 6.04. The lowest BCUT2D eigenvalue weighted by atomic mass is 10.1. The fourth-order valence-corrected chi connectivity index (χ4v) is 4.23. The Morgan fingerprint density at radius 1 is 0.889 bits per heavy atom. The van der Waals surface area contributed by atoms with Crippen LogP contribution in [0.1, 0.15) is 11.1 Å². The van der Waals surface area contributed by atoms with E-state index in [2.05, 4.69) is 10.1 Å². The van der Waals surface area contributed by atoms with E-state index in [0.717, 1.165) is 22.4 Å². The second-order valence-corrected chi connectivity index (χ2v) is 8.39. The van der Waals surface area contributed by atoms with Crippen molar-refractivity contribution in [3.8, 4) is 5.75 Å². The van der Waals surface area contributed by atoms with Crippen LogP contribution < -0.4 is 10.3 Å². The molecule has 0 amide bonds. The highest BCUT2D eigenvalue weighted by Crippen LogP contribution is 2.25. The van der Waals surface area contributed by atoms with Gasteiger partial charge >= 0.3 is 0 Å². The average molecular weight is 475 g/mol. The Morgan fingerprint density at radius 2 is 1.61 bits per heavy atom. The highest BCUT2D eigenvalue weighted by Gasteiger charge is 2.19. The maximum Gasteiger partial charge on any atom is 0.265 e. The summed E-state index contributed by atoms with van der Waals surface area (Å²) in [4.78, 5) is 27.9. The predicted octanol–water partition coefficient (Wildman–Crippen LogP) is 4.43. The van der Waals surface area contributed by atoms with Crippen molar-refractivity contribution in [2.75, 3.05) is 7.11 Å². The summed E-state index contributed by atoms with van der Waals surface area (Å²) >= 11 is 0. The van der Waals surface area contributed by atoms with Gasteiger partial charge in [-0.2, -0.15) is 9.78 Å². The average Bonchev–Trinajstić information content (AvgIpc) is 3.24. The second kappa shape index (κ2) is 9.07. The molecule has 0 aliphatic rings. The van der Waals surface area contributed by atoms with E-state index in [1.807, 2.05) is 78.9 Å². The Balaban J connectivity index is 1.49. The predicted molar refractivity (Wildman–Crippen MR) is 141 cm³/mol. The minimum atomic E-state index is -0.170. The Bertz CT molecular complexity index is 1790. The van der Waals surface area contributed by atoms with Crippen molar-refractivity contribution in [1.29, 1.82) is 0 Å². The van der Waals surface area contributed by atoms with Crippen molar-refractivity contribution in [1.82, 2.24) is 24.2 Å². The zero-order valence-electron chi connectivity index (χ0n) is 19.6. The number of aromatic nitrogens is 5. The van der Waals surface area contributed by atoms with Gasteiger partial charge in [-0.1, -0.05) is 54.6 Å². The first-order chi connectivity index (χ1) is 17.7. The van der Waals surface area contributed by atoms with Gasteiger partial charge in [-0.15, -0.1) is 0 Å². The standard InChI is InChI=1S/C28H22N6O2/c1-36-21-13-11-19(12-14-21)15-16-33-18-29-26-24(28(33)35)25-27(32-23-10-6-5-9-22(23)31-25)34(26)30-17-20-7-3-2-4-8-20/h2-14,17-18H,15-16H2,1H3/b30-17-. The van der Waals surface area contributed by atoms with E-state index in [1.54, 1.807) is 28.9 Å². The lowest BCUT2D eigenvalue weighted by molar-refractivity contribution is 0.414. The number of nitrogens with zero attached hydrogens (tertiary/aromatic N) is 6. The van der Waals surface area contributed by atoms with Crippen LogP contribution in [0.15, 0.2) is 95.1 Å². The molecule has 0 aliphatic carbocycles. The van der Waals surface area contributed by atoms with Crippen LogP contribution >= 0.6 is 0 Å². The minimum absolute atomic E-state index is 0.170. The Morgan fingerprint density at radius 3 is 2.36 bits per heavy atom.